The lowest BCUT2D eigenvalue weighted by Gasteiger charge is -2.31. The van der Waals surface area contributed by atoms with E-state index in [9.17, 15) is 8.42 Å². The average molecular weight is 385 g/mol. The number of H-pyrrole nitrogens is 1. The van der Waals surface area contributed by atoms with Gasteiger partial charge in [0.15, 0.2) is 0 Å². The highest BCUT2D eigenvalue weighted by Gasteiger charge is 2.31. The van der Waals surface area contributed by atoms with Crippen molar-refractivity contribution in [1.82, 2.24) is 14.3 Å². The molecular weight excluding hydrogens is 362 g/mol. The van der Waals surface area contributed by atoms with E-state index in [1.165, 1.54) is 0 Å². The van der Waals surface area contributed by atoms with Crippen LogP contribution in [0.25, 0.3) is 11.0 Å². The fourth-order valence-corrected chi connectivity index (χ4v) is 4.86. The van der Waals surface area contributed by atoms with Crippen LogP contribution in [-0.2, 0) is 10.0 Å². The van der Waals surface area contributed by atoms with E-state index in [1.54, 1.807) is 4.31 Å². The summed E-state index contributed by atoms with van der Waals surface area (Å²) in [6, 6.07) is 17.2. The Morgan fingerprint density at radius 2 is 1.89 bits per heavy atom. The first-order chi connectivity index (χ1) is 13.1. The largest absolute Gasteiger partial charge is 0.492 e. The van der Waals surface area contributed by atoms with Crippen molar-refractivity contribution >= 4 is 21.1 Å². The van der Waals surface area contributed by atoms with Crippen LogP contribution in [0.3, 0.4) is 0 Å². The Hall–Kier alpha value is -2.38. The summed E-state index contributed by atoms with van der Waals surface area (Å²) < 4.78 is 32.6. The minimum atomic E-state index is -3.36. The third kappa shape index (κ3) is 4.14. The molecule has 1 aromatic heterocycles. The molecule has 0 spiro atoms. The zero-order valence-corrected chi connectivity index (χ0v) is 15.9. The number of aromatic nitrogens is 2. The third-order valence-corrected chi connectivity index (χ3v) is 6.73. The fraction of sp³-hybridized carbons (Fsp3) is 0.350. The quantitative estimate of drug-likeness (QED) is 0.707. The minimum absolute atomic E-state index is 0.0191. The second kappa shape index (κ2) is 7.70. The molecule has 4 rings (SSSR count). The highest BCUT2D eigenvalue weighted by atomic mass is 32.2. The van der Waals surface area contributed by atoms with Crippen LogP contribution in [0.5, 0.6) is 5.75 Å². The number of nitrogens with zero attached hydrogens (tertiary/aromatic N) is 2. The normalized spacial score (nSPS) is 18.6. The average Bonchev–Trinajstić information content (AvgIpc) is 3.13. The summed E-state index contributed by atoms with van der Waals surface area (Å²) in [6.07, 6.45) is 1.77. The molecule has 0 amide bonds. The minimum Gasteiger partial charge on any atom is -0.492 e. The molecule has 1 atom stereocenters. The van der Waals surface area contributed by atoms with E-state index in [4.69, 9.17) is 4.74 Å². The van der Waals surface area contributed by atoms with E-state index in [0.29, 0.717) is 18.8 Å². The molecule has 2 aromatic carbocycles. The smallest absolute Gasteiger partial charge is 0.217 e. The highest BCUT2D eigenvalue weighted by Crippen LogP contribution is 2.28. The predicted octanol–water partition coefficient (Wildman–Crippen LogP) is 3.15. The number of benzene rings is 2. The Morgan fingerprint density at radius 3 is 2.70 bits per heavy atom. The second-order valence-electron chi connectivity index (χ2n) is 6.81. The molecule has 7 heteroatoms. The first-order valence-corrected chi connectivity index (χ1v) is 10.8. The molecule has 1 saturated heterocycles. The van der Waals surface area contributed by atoms with Crippen LogP contribution in [0.4, 0.5) is 0 Å². The number of ether oxygens (including phenoxy) is 1. The van der Waals surface area contributed by atoms with E-state index in [0.717, 1.165) is 29.7 Å². The van der Waals surface area contributed by atoms with Gasteiger partial charge in [-0.25, -0.2) is 17.7 Å². The molecule has 142 valence electrons. The number of rotatable bonds is 6. The molecule has 1 fully saturated rings. The molecule has 0 radical (unpaired) electrons. The monoisotopic (exact) mass is 385 g/mol. The SMILES string of the molecule is O=S(=O)(CCOc1ccccc1)N1CCCC(c2nc3ccccc3[nH]2)C1. The molecule has 0 saturated carbocycles. The molecule has 1 N–H and O–H groups in total. The van der Waals surface area contributed by atoms with Crippen molar-refractivity contribution in [3.63, 3.8) is 0 Å². The number of nitrogens with one attached hydrogen (secondary N) is 1. The van der Waals surface area contributed by atoms with Gasteiger partial charge in [-0.2, -0.15) is 0 Å². The summed E-state index contributed by atoms with van der Waals surface area (Å²) in [7, 11) is -3.36. The maximum absolute atomic E-state index is 12.7. The van der Waals surface area contributed by atoms with Gasteiger partial charge in [0.05, 0.1) is 16.8 Å². The zero-order valence-electron chi connectivity index (χ0n) is 15.0. The van der Waals surface area contributed by atoms with Gasteiger partial charge >= 0.3 is 0 Å². The van der Waals surface area contributed by atoms with E-state index in [-0.39, 0.29) is 18.3 Å². The standard InChI is InChI=1S/C20H23N3O3S/c24-27(25,14-13-26-17-8-2-1-3-9-17)23-12-6-7-16(15-23)20-21-18-10-4-5-11-19(18)22-20/h1-5,8-11,16H,6-7,12-15H2,(H,21,22). The molecule has 1 aliphatic heterocycles. The molecule has 6 nitrogen and oxygen atoms in total. The number of imidazole rings is 1. The zero-order chi connectivity index (χ0) is 18.7. The number of fused-ring (bicyclic) bond motifs is 1. The van der Waals surface area contributed by atoms with Crippen molar-refractivity contribution in [2.24, 2.45) is 0 Å². The lowest BCUT2D eigenvalue weighted by molar-refractivity contribution is 0.301. The lowest BCUT2D eigenvalue weighted by atomic mass is 9.99. The fourth-order valence-electron chi connectivity index (χ4n) is 3.49. The van der Waals surface area contributed by atoms with Crippen LogP contribution in [0, 0.1) is 0 Å². The molecule has 1 aliphatic rings. The number of hydrogen-bond donors (Lipinski definition) is 1. The van der Waals surface area contributed by atoms with Gasteiger partial charge in [-0.1, -0.05) is 30.3 Å². The number of piperidine rings is 1. The summed E-state index contributed by atoms with van der Waals surface area (Å²) in [5, 5.41) is 0. The maximum Gasteiger partial charge on any atom is 0.217 e. The number of hydrogen-bond acceptors (Lipinski definition) is 4. The first-order valence-electron chi connectivity index (χ1n) is 9.22. The van der Waals surface area contributed by atoms with Crippen LogP contribution >= 0.6 is 0 Å². The third-order valence-electron chi connectivity index (χ3n) is 4.93. The van der Waals surface area contributed by atoms with E-state index in [2.05, 4.69) is 9.97 Å². The first kappa shape index (κ1) is 18.0. The summed E-state index contributed by atoms with van der Waals surface area (Å²) in [5.74, 6) is 1.63. The lowest BCUT2D eigenvalue weighted by Crippen LogP contribution is -2.41. The Morgan fingerprint density at radius 1 is 1.11 bits per heavy atom. The summed E-state index contributed by atoms with van der Waals surface area (Å²) in [4.78, 5) is 8.00. The van der Waals surface area contributed by atoms with E-state index < -0.39 is 10.0 Å². The van der Waals surface area contributed by atoms with Gasteiger partial charge in [0.2, 0.25) is 10.0 Å². The Labute approximate surface area is 159 Å². The van der Waals surface area contributed by atoms with Gasteiger partial charge in [-0.15, -0.1) is 0 Å². The molecule has 0 aliphatic carbocycles. The number of sulfonamides is 1. The van der Waals surface area contributed by atoms with E-state index >= 15 is 0 Å². The molecule has 2 heterocycles. The molecule has 27 heavy (non-hydrogen) atoms. The Balaban J connectivity index is 1.40. The van der Waals surface area contributed by atoms with Crippen molar-refractivity contribution in [1.29, 1.82) is 0 Å². The summed E-state index contributed by atoms with van der Waals surface area (Å²) in [5.41, 5.74) is 1.91. The van der Waals surface area contributed by atoms with Crippen LogP contribution in [0.2, 0.25) is 0 Å². The van der Waals surface area contributed by atoms with Crippen molar-refractivity contribution in [2.45, 2.75) is 18.8 Å². The molecule has 1 unspecified atom stereocenters. The Bertz CT molecular complexity index is 968. The van der Waals surface area contributed by atoms with Gasteiger partial charge < -0.3 is 9.72 Å². The highest BCUT2D eigenvalue weighted by molar-refractivity contribution is 7.89. The molecule has 3 aromatic rings. The molecule has 0 bridgehead atoms. The maximum atomic E-state index is 12.7. The van der Waals surface area contributed by atoms with Crippen molar-refractivity contribution in [3.05, 3.63) is 60.4 Å². The Kier molecular flexibility index (Phi) is 5.13. The number of para-hydroxylation sites is 3. The summed E-state index contributed by atoms with van der Waals surface area (Å²) >= 11 is 0. The van der Waals surface area contributed by atoms with Gasteiger partial charge in [-0.3, -0.25) is 0 Å². The van der Waals surface area contributed by atoms with Crippen LogP contribution in [-0.4, -0.2) is 48.1 Å². The van der Waals surface area contributed by atoms with Gasteiger partial charge in [0, 0.05) is 19.0 Å². The van der Waals surface area contributed by atoms with Crippen LogP contribution < -0.4 is 4.74 Å². The van der Waals surface area contributed by atoms with Crippen molar-refractivity contribution in [3.8, 4) is 5.75 Å². The summed E-state index contributed by atoms with van der Waals surface area (Å²) in [6.45, 7) is 1.18. The van der Waals surface area contributed by atoms with E-state index in [1.807, 2.05) is 54.6 Å². The van der Waals surface area contributed by atoms with Crippen LogP contribution in [0.1, 0.15) is 24.6 Å². The van der Waals surface area contributed by atoms with Gasteiger partial charge in [-0.05, 0) is 37.1 Å². The van der Waals surface area contributed by atoms with Crippen LogP contribution in [0.15, 0.2) is 54.6 Å². The van der Waals surface area contributed by atoms with Gasteiger partial charge in [0.25, 0.3) is 0 Å². The van der Waals surface area contributed by atoms with Crippen molar-refractivity contribution in [2.75, 3.05) is 25.4 Å². The predicted molar refractivity (Wildman–Crippen MR) is 105 cm³/mol. The number of aromatic amines is 1. The topological polar surface area (TPSA) is 75.3 Å². The second-order valence-corrected chi connectivity index (χ2v) is 8.90. The molecular formula is C20H23N3O3S. The van der Waals surface area contributed by atoms with Crippen molar-refractivity contribution < 1.29 is 13.2 Å². The van der Waals surface area contributed by atoms with Gasteiger partial charge in [0.1, 0.15) is 18.2 Å².